The lowest BCUT2D eigenvalue weighted by molar-refractivity contribution is 0.408. The van der Waals surface area contributed by atoms with Crippen molar-refractivity contribution in [2.24, 2.45) is 5.92 Å². The van der Waals surface area contributed by atoms with Crippen molar-refractivity contribution in [2.75, 3.05) is 13.7 Å². The van der Waals surface area contributed by atoms with Crippen LogP contribution in [0.2, 0.25) is 0 Å². The van der Waals surface area contributed by atoms with Crippen molar-refractivity contribution in [1.82, 2.24) is 5.32 Å². The molecule has 20 heavy (non-hydrogen) atoms. The molecule has 1 unspecified atom stereocenters. The third-order valence-electron chi connectivity index (χ3n) is 4.64. The summed E-state index contributed by atoms with van der Waals surface area (Å²) in [6.45, 7) is 5.42. The third-order valence-corrected chi connectivity index (χ3v) is 4.64. The van der Waals surface area contributed by atoms with Crippen LogP contribution >= 0.6 is 0 Å². The Morgan fingerprint density at radius 1 is 1.30 bits per heavy atom. The Hall–Kier alpha value is -1.02. The van der Waals surface area contributed by atoms with Gasteiger partial charge in [-0.05, 0) is 55.5 Å². The molecule has 0 radical (unpaired) electrons. The van der Waals surface area contributed by atoms with Crippen LogP contribution in [0.15, 0.2) is 18.2 Å². The molecule has 0 aliphatic heterocycles. The first kappa shape index (κ1) is 15.4. The molecule has 2 nitrogen and oxygen atoms in total. The topological polar surface area (TPSA) is 21.3 Å². The first-order chi connectivity index (χ1) is 9.74. The summed E-state index contributed by atoms with van der Waals surface area (Å²) < 4.78 is 5.31. The predicted octanol–water partition coefficient (Wildman–Crippen LogP) is 4.62. The summed E-state index contributed by atoms with van der Waals surface area (Å²) in [5.41, 5.74) is 2.77. The molecule has 2 rings (SSSR count). The molecule has 1 aliphatic rings. The van der Waals surface area contributed by atoms with Crippen LogP contribution in [0.1, 0.15) is 62.6 Å². The molecule has 1 aromatic rings. The zero-order valence-electron chi connectivity index (χ0n) is 13.2. The SMILES string of the molecule is CCNC(CCC1CCCC1)c1ccc(OC)cc1C. The number of hydrogen-bond acceptors (Lipinski definition) is 2. The molecule has 0 saturated heterocycles. The zero-order valence-corrected chi connectivity index (χ0v) is 13.2. The average molecular weight is 275 g/mol. The van der Waals surface area contributed by atoms with Crippen LogP contribution in [0, 0.1) is 12.8 Å². The number of methoxy groups -OCH3 is 1. The van der Waals surface area contributed by atoms with E-state index in [0.29, 0.717) is 6.04 Å². The highest BCUT2D eigenvalue weighted by atomic mass is 16.5. The van der Waals surface area contributed by atoms with Crippen molar-refractivity contribution in [2.45, 2.75) is 58.4 Å². The van der Waals surface area contributed by atoms with E-state index in [1.165, 1.54) is 49.7 Å². The zero-order chi connectivity index (χ0) is 14.4. The van der Waals surface area contributed by atoms with Gasteiger partial charge < -0.3 is 10.1 Å². The fourth-order valence-corrected chi connectivity index (χ4v) is 3.48. The van der Waals surface area contributed by atoms with Crippen LogP contribution in [0.25, 0.3) is 0 Å². The number of ether oxygens (including phenoxy) is 1. The van der Waals surface area contributed by atoms with Crippen molar-refractivity contribution in [3.8, 4) is 5.75 Å². The summed E-state index contributed by atoms with van der Waals surface area (Å²) in [7, 11) is 1.73. The summed E-state index contributed by atoms with van der Waals surface area (Å²) in [6.07, 6.45) is 8.39. The summed E-state index contributed by atoms with van der Waals surface area (Å²) in [5.74, 6) is 1.92. The monoisotopic (exact) mass is 275 g/mol. The molecule has 0 heterocycles. The van der Waals surface area contributed by atoms with Gasteiger partial charge in [-0.15, -0.1) is 0 Å². The van der Waals surface area contributed by atoms with Crippen molar-refractivity contribution in [3.05, 3.63) is 29.3 Å². The molecular formula is C18H29NO. The quantitative estimate of drug-likeness (QED) is 0.783. The van der Waals surface area contributed by atoms with Crippen LogP contribution in [0.5, 0.6) is 5.75 Å². The van der Waals surface area contributed by atoms with E-state index in [2.05, 4.69) is 37.4 Å². The average Bonchev–Trinajstić information content (AvgIpc) is 2.97. The summed E-state index contributed by atoms with van der Waals surface area (Å²) in [4.78, 5) is 0. The number of benzene rings is 1. The molecule has 0 aromatic heterocycles. The number of rotatable bonds is 7. The van der Waals surface area contributed by atoms with Gasteiger partial charge in [0.1, 0.15) is 5.75 Å². The highest BCUT2D eigenvalue weighted by Crippen LogP contribution is 2.32. The molecule has 2 heteroatoms. The molecule has 1 atom stereocenters. The fraction of sp³-hybridized carbons (Fsp3) is 0.667. The maximum atomic E-state index is 5.31. The van der Waals surface area contributed by atoms with Gasteiger partial charge in [0.25, 0.3) is 0 Å². The van der Waals surface area contributed by atoms with Crippen LogP contribution in [0.3, 0.4) is 0 Å². The molecule has 0 amide bonds. The number of nitrogens with one attached hydrogen (secondary N) is 1. The van der Waals surface area contributed by atoms with Gasteiger partial charge in [0.05, 0.1) is 7.11 Å². The molecular weight excluding hydrogens is 246 g/mol. The maximum absolute atomic E-state index is 5.31. The number of hydrogen-bond donors (Lipinski definition) is 1. The molecule has 1 aliphatic carbocycles. The van der Waals surface area contributed by atoms with E-state index in [4.69, 9.17) is 4.74 Å². The molecule has 1 saturated carbocycles. The Balaban J connectivity index is 2.02. The first-order valence-electron chi connectivity index (χ1n) is 8.12. The molecule has 1 aromatic carbocycles. The molecule has 1 fully saturated rings. The highest BCUT2D eigenvalue weighted by Gasteiger charge is 2.19. The normalized spacial score (nSPS) is 17.4. The minimum atomic E-state index is 0.492. The second-order valence-electron chi connectivity index (χ2n) is 6.06. The van der Waals surface area contributed by atoms with Gasteiger partial charge in [-0.1, -0.05) is 38.7 Å². The van der Waals surface area contributed by atoms with E-state index in [0.717, 1.165) is 18.2 Å². The second kappa shape index (κ2) is 7.68. The van der Waals surface area contributed by atoms with Crippen molar-refractivity contribution < 1.29 is 4.74 Å². The maximum Gasteiger partial charge on any atom is 0.119 e. The van der Waals surface area contributed by atoms with Crippen LogP contribution in [-0.2, 0) is 0 Å². The molecule has 112 valence electrons. The Labute approximate surface area is 123 Å². The summed E-state index contributed by atoms with van der Waals surface area (Å²) in [5, 5.41) is 3.66. The third kappa shape index (κ3) is 3.99. The fourth-order valence-electron chi connectivity index (χ4n) is 3.48. The highest BCUT2D eigenvalue weighted by molar-refractivity contribution is 5.36. The second-order valence-corrected chi connectivity index (χ2v) is 6.06. The smallest absolute Gasteiger partial charge is 0.119 e. The van der Waals surface area contributed by atoms with Gasteiger partial charge >= 0.3 is 0 Å². The van der Waals surface area contributed by atoms with Crippen molar-refractivity contribution >= 4 is 0 Å². The van der Waals surface area contributed by atoms with E-state index in [-0.39, 0.29) is 0 Å². The van der Waals surface area contributed by atoms with E-state index in [1.807, 2.05) is 0 Å². The lowest BCUT2D eigenvalue weighted by Crippen LogP contribution is -2.22. The van der Waals surface area contributed by atoms with E-state index < -0.39 is 0 Å². The van der Waals surface area contributed by atoms with Gasteiger partial charge in [0, 0.05) is 6.04 Å². The minimum absolute atomic E-state index is 0.492. The largest absolute Gasteiger partial charge is 0.497 e. The van der Waals surface area contributed by atoms with Gasteiger partial charge in [0.2, 0.25) is 0 Å². The lowest BCUT2D eigenvalue weighted by Gasteiger charge is -2.22. The van der Waals surface area contributed by atoms with Gasteiger partial charge in [-0.2, -0.15) is 0 Å². The van der Waals surface area contributed by atoms with Crippen molar-refractivity contribution in [3.63, 3.8) is 0 Å². The van der Waals surface area contributed by atoms with Gasteiger partial charge in [-0.25, -0.2) is 0 Å². The van der Waals surface area contributed by atoms with Crippen LogP contribution < -0.4 is 10.1 Å². The standard InChI is InChI=1S/C18H29NO/c1-4-19-18(12-9-15-7-5-6-8-15)17-11-10-16(20-3)13-14(17)2/h10-11,13,15,18-19H,4-9,12H2,1-3H3. The molecule has 0 bridgehead atoms. The van der Waals surface area contributed by atoms with E-state index in [9.17, 15) is 0 Å². The summed E-state index contributed by atoms with van der Waals surface area (Å²) >= 11 is 0. The van der Waals surface area contributed by atoms with Crippen LogP contribution in [-0.4, -0.2) is 13.7 Å². The Morgan fingerprint density at radius 3 is 2.65 bits per heavy atom. The van der Waals surface area contributed by atoms with Crippen LogP contribution in [0.4, 0.5) is 0 Å². The Kier molecular flexibility index (Phi) is 5.90. The molecule has 0 spiro atoms. The van der Waals surface area contributed by atoms with Gasteiger partial charge in [-0.3, -0.25) is 0 Å². The van der Waals surface area contributed by atoms with Crippen molar-refractivity contribution in [1.29, 1.82) is 0 Å². The molecule has 1 N–H and O–H groups in total. The number of aryl methyl sites for hydroxylation is 1. The summed E-state index contributed by atoms with van der Waals surface area (Å²) in [6, 6.07) is 6.96. The van der Waals surface area contributed by atoms with E-state index >= 15 is 0 Å². The minimum Gasteiger partial charge on any atom is -0.497 e. The first-order valence-corrected chi connectivity index (χ1v) is 8.12. The lowest BCUT2D eigenvalue weighted by atomic mass is 9.92. The van der Waals surface area contributed by atoms with Gasteiger partial charge in [0.15, 0.2) is 0 Å². The Bertz CT molecular complexity index is 410. The van der Waals surface area contributed by atoms with E-state index in [1.54, 1.807) is 7.11 Å². The Morgan fingerprint density at radius 2 is 2.05 bits per heavy atom. The predicted molar refractivity (Wildman–Crippen MR) is 85.3 cm³/mol.